The number of hydrogen-bond acceptors (Lipinski definition) is 4. The summed E-state index contributed by atoms with van der Waals surface area (Å²) in [6, 6.07) is 0.472. The molecule has 2 heterocycles. The van der Waals surface area contributed by atoms with Crippen LogP contribution >= 0.6 is 0 Å². The first kappa shape index (κ1) is 8.44. The lowest BCUT2D eigenvalue weighted by molar-refractivity contribution is -0.138. The molecule has 0 amide bonds. The number of nitrogens with zero attached hydrogens (tertiary/aromatic N) is 1. The Morgan fingerprint density at radius 2 is 2.17 bits per heavy atom. The monoisotopic (exact) mass is 173 g/mol. The van der Waals surface area contributed by atoms with Crippen LogP contribution in [0.3, 0.4) is 0 Å². The summed E-state index contributed by atoms with van der Waals surface area (Å²) in [7, 11) is 0. The topological polar surface area (TPSA) is 52.9 Å². The molecule has 1 unspecified atom stereocenters. The van der Waals surface area contributed by atoms with Crippen molar-refractivity contribution in [3.63, 3.8) is 0 Å². The number of hydrogen-bond donors (Lipinski definition) is 2. The molecule has 0 aromatic carbocycles. The van der Waals surface area contributed by atoms with Crippen molar-refractivity contribution in [2.45, 2.75) is 31.2 Å². The Balaban J connectivity index is 2.06. The maximum absolute atomic E-state index is 9.57. The largest absolute Gasteiger partial charge is 0.395 e. The highest BCUT2D eigenvalue weighted by Gasteiger charge is 2.39. The number of aliphatic hydroxyl groups is 2. The molecule has 3 atom stereocenters. The van der Waals surface area contributed by atoms with Gasteiger partial charge in [-0.05, 0) is 12.8 Å². The maximum atomic E-state index is 9.57. The van der Waals surface area contributed by atoms with Crippen LogP contribution in [0, 0.1) is 0 Å². The molecule has 2 fully saturated rings. The Hall–Kier alpha value is -0.160. The average Bonchev–Trinajstić information content (AvgIpc) is 2.49. The van der Waals surface area contributed by atoms with Gasteiger partial charge in [-0.25, -0.2) is 0 Å². The predicted octanol–water partition coefficient (Wildman–Crippen LogP) is -0.840. The first-order chi connectivity index (χ1) is 5.83. The van der Waals surface area contributed by atoms with Gasteiger partial charge in [0.05, 0.1) is 19.8 Å². The van der Waals surface area contributed by atoms with E-state index in [0.29, 0.717) is 19.3 Å². The lowest BCUT2D eigenvalue weighted by atomic mass is 10.2. The molecular weight excluding hydrogens is 158 g/mol. The molecule has 4 nitrogen and oxygen atoms in total. The van der Waals surface area contributed by atoms with Gasteiger partial charge in [-0.3, -0.25) is 4.90 Å². The molecule has 0 aromatic rings. The molecule has 12 heavy (non-hydrogen) atoms. The first-order valence-corrected chi connectivity index (χ1v) is 4.47. The lowest BCUT2D eigenvalue weighted by Crippen LogP contribution is -2.52. The summed E-state index contributed by atoms with van der Waals surface area (Å²) in [4.78, 5) is 1.99. The van der Waals surface area contributed by atoms with Gasteiger partial charge < -0.3 is 14.9 Å². The maximum Gasteiger partial charge on any atom is 0.131 e. The Morgan fingerprint density at radius 1 is 1.33 bits per heavy atom. The lowest BCUT2D eigenvalue weighted by Gasteiger charge is -2.37. The van der Waals surface area contributed by atoms with E-state index in [0.717, 1.165) is 12.8 Å². The second kappa shape index (κ2) is 3.30. The highest BCUT2D eigenvalue weighted by atomic mass is 16.5. The minimum atomic E-state index is -0.511. The van der Waals surface area contributed by atoms with Gasteiger partial charge in [0.2, 0.25) is 0 Å². The minimum absolute atomic E-state index is 0.146. The van der Waals surface area contributed by atoms with Crippen molar-refractivity contribution in [1.82, 2.24) is 4.90 Å². The van der Waals surface area contributed by atoms with E-state index in [1.165, 1.54) is 0 Å². The van der Waals surface area contributed by atoms with Crippen molar-refractivity contribution in [2.24, 2.45) is 0 Å². The molecule has 4 heteroatoms. The zero-order valence-electron chi connectivity index (χ0n) is 7.02. The van der Waals surface area contributed by atoms with Crippen molar-refractivity contribution >= 4 is 0 Å². The predicted molar refractivity (Wildman–Crippen MR) is 42.6 cm³/mol. The fraction of sp³-hybridized carbons (Fsp3) is 1.00. The molecule has 2 aliphatic rings. The third-order valence-electron chi connectivity index (χ3n) is 2.81. The smallest absolute Gasteiger partial charge is 0.131 e. The molecule has 0 bridgehead atoms. The number of ether oxygens (including phenoxy) is 1. The number of aliphatic hydroxyl groups excluding tert-OH is 2. The molecule has 2 N–H and O–H groups in total. The highest BCUT2D eigenvalue weighted by Crippen LogP contribution is 2.28. The highest BCUT2D eigenvalue weighted by molar-refractivity contribution is 4.90. The SMILES string of the molecule is OC[C@@H]1CC[C@H]2COCC(O)N12. The van der Waals surface area contributed by atoms with Crippen molar-refractivity contribution in [3.8, 4) is 0 Å². The van der Waals surface area contributed by atoms with Crippen LogP contribution in [0.4, 0.5) is 0 Å². The zero-order valence-corrected chi connectivity index (χ0v) is 7.02. The molecular formula is C8H15NO3. The number of morpholine rings is 1. The van der Waals surface area contributed by atoms with Crippen molar-refractivity contribution < 1.29 is 14.9 Å². The van der Waals surface area contributed by atoms with Crippen molar-refractivity contribution in [2.75, 3.05) is 19.8 Å². The summed E-state index contributed by atoms with van der Waals surface area (Å²) in [6.07, 6.45) is 1.49. The van der Waals surface area contributed by atoms with Gasteiger partial charge in [-0.2, -0.15) is 0 Å². The molecule has 2 saturated heterocycles. The van der Waals surface area contributed by atoms with E-state index in [1.54, 1.807) is 0 Å². The van der Waals surface area contributed by atoms with Crippen molar-refractivity contribution in [3.05, 3.63) is 0 Å². The zero-order chi connectivity index (χ0) is 8.55. The van der Waals surface area contributed by atoms with Gasteiger partial charge in [-0.1, -0.05) is 0 Å². The van der Waals surface area contributed by atoms with Crippen LogP contribution in [-0.4, -0.2) is 53.2 Å². The van der Waals surface area contributed by atoms with Crippen LogP contribution in [-0.2, 0) is 4.74 Å². The van der Waals surface area contributed by atoms with E-state index in [9.17, 15) is 5.11 Å². The third kappa shape index (κ3) is 1.25. The molecule has 70 valence electrons. The molecule has 2 aliphatic heterocycles. The summed E-state index contributed by atoms with van der Waals surface area (Å²) in [6.45, 7) is 1.23. The van der Waals surface area contributed by atoms with Crippen molar-refractivity contribution in [1.29, 1.82) is 0 Å². The Labute approximate surface area is 71.7 Å². The van der Waals surface area contributed by atoms with E-state index in [1.807, 2.05) is 4.90 Å². The fourth-order valence-corrected chi connectivity index (χ4v) is 2.22. The quantitative estimate of drug-likeness (QED) is 0.543. The molecule has 2 rings (SSSR count). The van der Waals surface area contributed by atoms with Gasteiger partial charge in [0.1, 0.15) is 6.23 Å². The molecule has 0 saturated carbocycles. The summed E-state index contributed by atoms with van der Waals surface area (Å²) >= 11 is 0. The standard InChI is InChI=1S/C8H15NO3/c10-3-6-1-2-7-4-12-5-8(11)9(6)7/h6-8,10-11H,1-5H2/t6-,7-,8?/m0/s1. The van der Waals surface area contributed by atoms with Gasteiger partial charge in [0.15, 0.2) is 0 Å². The Bertz CT molecular complexity index is 158. The summed E-state index contributed by atoms with van der Waals surface area (Å²) in [5.74, 6) is 0. The van der Waals surface area contributed by atoms with E-state index in [4.69, 9.17) is 9.84 Å². The van der Waals surface area contributed by atoms with Gasteiger partial charge >= 0.3 is 0 Å². The van der Waals surface area contributed by atoms with Crippen LogP contribution in [0.25, 0.3) is 0 Å². The minimum Gasteiger partial charge on any atom is -0.395 e. The van der Waals surface area contributed by atoms with Gasteiger partial charge in [0.25, 0.3) is 0 Å². The molecule has 0 radical (unpaired) electrons. The molecule has 0 aromatic heterocycles. The average molecular weight is 173 g/mol. The second-order valence-electron chi connectivity index (χ2n) is 3.53. The van der Waals surface area contributed by atoms with E-state index < -0.39 is 6.23 Å². The second-order valence-corrected chi connectivity index (χ2v) is 3.53. The van der Waals surface area contributed by atoms with Gasteiger partial charge in [0, 0.05) is 12.1 Å². The Morgan fingerprint density at radius 3 is 2.92 bits per heavy atom. The fourth-order valence-electron chi connectivity index (χ4n) is 2.22. The van der Waals surface area contributed by atoms with Crippen LogP contribution < -0.4 is 0 Å². The van der Waals surface area contributed by atoms with E-state index in [-0.39, 0.29) is 12.6 Å². The van der Waals surface area contributed by atoms with Crippen LogP contribution in [0.1, 0.15) is 12.8 Å². The first-order valence-electron chi connectivity index (χ1n) is 4.47. The molecule has 0 aliphatic carbocycles. The summed E-state index contributed by atoms with van der Waals surface area (Å²) in [5, 5.41) is 18.6. The Kier molecular flexibility index (Phi) is 2.32. The van der Waals surface area contributed by atoms with Crippen LogP contribution in [0.2, 0.25) is 0 Å². The molecule has 0 spiro atoms. The van der Waals surface area contributed by atoms with E-state index in [2.05, 4.69) is 0 Å². The summed E-state index contributed by atoms with van der Waals surface area (Å²) in [5.41, 5.74) is 0. The van der Waals surface area contributed by atoms with Gasteiger partial charge in [-0.15, -0.1) is 0 Å². The van der Waals surface area contributed by atoms with Crippen LogP contribution in [0.15, 0.2) is 0 Å². The normalized spacial score (nSPS) is 43.0. The number of fused-ring (bicyclic) bond motifs is 1. The summed E-state index contributed by atoms with van der Waals surface area (Å²) < 4.78 is 5.22. The van der Waals surface area contributed by atoms with Crippen LogP contribution in [0.5, 0.6) is 0 Å². The van der Waals surface area contributed by atoms with E-state index >= 15 is 0 Å². The third-order valence-corrected chi connectivity index (χ3v) is 2.81. The number of rotatable bonds is 1.